The van der Waals surface area contributed by atoms with E-state index in [0.717, 1.165) is 64.3 Å². The molecule has 0 radical (unpaired) electrons. The minimum Gasteiger partial charge on any atom is -0.495 e. The van der Waals surface area contributed by atoms with Gasteiger partial charge < -0.3 is 63.9 Å². The second-order valence-corrected chi connectivity index (χ2v) is 19.2. The third-order valence-electron chi connectivity index (χ3n) is 12.2. The number of benzene rings is 3. The first kappa shape index (κ1) is 56.1. The van der Waals surface area contributed by atoms with Crippen molar-refractivity contribution >= 4 is 45.8 Å². The number of piperidine rings is 1. The lowest BCUT2D eigenvalue weighted by Crippen LogP contribution is -2.36. The number of methoxy groups -OCH3 is 1. The van der Waals surface area contributed by atoms with Crippen molar-refractivity contribution in [3.8, 4) is 34.5 Å². The summed E-state index contributed by atoms with van der Waals surface area (Å²) in [6.45, 7) is 8.20. The van der Waals surface area contributed by atoms with Crippen LogP contribution in [0.1, 0.15) is 35.6 Å². The Bertz CT molecular complexity index is 2910. The van der Waals surface area contributed by atoms with Crippen molar-refractivity contribution in [1.82, 2.24) is 29.2 Å². The number of likely N-dealkylation sites (N-methyl/N-ethyl adjacent to an activating group) is 1. The molecule has 6 aromatic rings. The van der Waals surface area contributed by atoms with Gasteiger partial charge in [-0.1, -0.05) is 29.3 Å². The number of ether oxygens (including phenoxy) is 5. The van der Waals surface area contributed by atoms with E-state index in [1.54, 1.807) is 43.6 Å². The quantitative estimate of drug-likeness (QED) is 0.0190. The lowest BCUT2D eigenvalue weighted by Gasteiger charge is -2.30. The average molecular weight is 1060 g/mol. The Hall–Kier alpha value is -6.67. The number of anilines is 3. The van der Waals surface area contributed by atoms with Gasteiger partial charge >= 0.3 is 6.18 Å². The van der Waals surface area contributed by atoms with Crippen molar-refractivity contribution in [3.63, 3.8) is 0 Å². The number of rotatable bonds is 27. The summed E-state index contributed by atoms with van der Waals surface area (Å²) in [6, 6.07) is 22.2. The van der Waals surface area contributed by atoms with Gasteiger partial charge in [-0.2, -0.15) is 13.2 Å². The van der Waals surface area contributed by atoms with Crippen LogP contribution in [0.25, 0.3) is 22.0 Å². The molecule has 1 aliphatic rings. The topological polar surface area (TPSA) is 182 Å². The second-order valence-electron chi connectivity index (χ2n) is 18.0. The fourth-order valence-electron chi connectivity index (χ4n) is 8.41. The van der Waals surface area contributed by atoms with Crippen molar-refractivity contribution in [2.24, 2.45) is 0 Å². The molecule has 0 atom stereocenters. The normalized spacial score (nSPS) is 13.2. The number of hydrogen-bond acceptors (Lipinski definition) is 15. The molecule has 17 nitrogen and oxygen atoms in total. The summed E-state index contributed by atoms with van der Waals surface area (Å²) in [6.07, 6.45) is -0.851. The zero-order valence-corrected chi connectivity index (χ0v) is 43.8. The van der Waals surface area contributed by atoms with Crippen LogP contribution in [0.5, 0.6) is 11.5 Å². The summed E-state index contributed by atoms with van der Waals surface area (Å²) in [5, 5.41) is 17.5. The molecule has 0 spiro atoms. The van der Waals surface area contributed by atoms with Crippen LogP contribution < -0.4 is 36.3 Å². The molecule has 0 saturated carbocycles. The molecule has 1 aliphatic heterocycles. The summed E-state index contributed by atoms with van der Waals surface area (Å²) < 4.78 is 78.2. The van der Waals surface area contributed by atoms with Crippen LogP contribution in [-0.4, -0.2) is 142 Å². The van der Waals surface area contributed by atoms with Gasteiger partial charge in [0.1, 0.15) is 29.5 Å². The van der Waals surface area contributed by atoms with Gasteiger partial charge in [-0.25, -0.2) is 4.31 Å². The number of halogens is 3. The van der Waals surface area contributed by atoms with Crippen LogP contribution in [0.15, 0.2) is 93.2 Å². The molecular weight excluding hydrogens is 992 g/mol. The Balaban J connectivity index is 0.729. The molecular formula is C54H66F3N9O8S. The van der Waals surface area contributed by atoms with Gasteiger partial charge in [-0.15, -0.1) is 0 Å². The van der Waals surface area contributed by atoms with Crippen LogP contribution in [0.3, 0.4) is 0 Å². The number of aromatic amines is 1. The van der Waals surface area contributed by atoms with Crippen LogP contribution in [0.4, 0.5) is 30.2 Å². The number of aromatic nitrogens is 3. The number of amides is 1. The maximum atomic E-state index is 13.8. The highest BCUT2D eigenvalue weighted by Crippen LogP contribution is 2.33. The van der Waals surface area contributed by atoms with E-state index in [9.17, 15) is 22.8 Å². The molecule has 3 aromatic heterocycles. The van der Waals surface area contributed by atoms with Crippen molar-refractivity contribution in [1.29, 1.82) is 0 Å². The molecule has 1 amide bonds. The molecule has 21 heteroatoms. The maximum Gasteiger partial charge on any atom is 0.406 e. The fourth-order valence-corrected chi connectivity index (χ4v) is 9.22. The zero-order valence-electron chi connectivity index (χ0n) is 43.0. The zero-order chi connectivity index (χ0) is 53.2. The molecule has 75 heavy (non-hydrogen) atoms. The number of carbonyl (C=O) groups excluding carboxylic acids is 1. The summed E-state index contributed by atoms with van der Waals surface area (Å²) in [4.78, 5) is 30.9. The van der Waals surface area contributed by atoms with Gasteiger partial charge in [0.05, 0.1) is 75.9 Å². The molecule has 4 heterocycles. The van der Waals surface area contributed by atoms with E-state index < -0.39 is 12.7 Å². The minimum absolute atomic E-state index is 0.164. The molecule has 1 saturated heterocycles. The summed E-state index contributed by atoms with van der Waals surface area (Å²) >= 11 is 1.53. The molecule has 5 N–H and O–H groups in total. The largest absolute Gasteiger partial charge is 0.495 e. The number of nitrogens with one attached hydrogen (secondary N) is 5. The monoisotopic (exact) mass is 1060 g/mol. The summed E-state index contributed by atoms with van der Waals surface area (Å²) in [5.41, 5.74) is 5.68. The van der Waals surface area contributed by atoms with E-state index in [1.165, 1.54) is 16.5 Å². The Kier molecular flexibility index (Phi) is 20.7. The smallest absolute Gasteiger partial charge is 0.406 e. The van der Waals surface area contributed by atoms with Crippen LogP contribution >= 0.6 is 11.9 Å². The van der Waals surface area contributed by atoms with Gasteiger partial charge in [0.2, 0.25) is 0 Å². The number of H-pyrrole nitrogens is 1. The standard InChI is InChI=1S/C54H66F3N9O8S/c1-37-52(38(2)74-63-37)40-30-48(53(68)61-34-40)60-33-39-9-6-11-43(29-39)73-35-51(67)59-19-23-70-25-27-72-28-26-71-24-22-65(4)75-44-14-15-47(50(32-44)69-5)58-18-8-10-42-31-45-46(62-41-16-20-64(3)21-17-41)12-7-13-49(45)66(42)36-54(55,56)57/h6-7,9,11-15,29-32,34,41,58,60,62H,16-28,33,35-36H2,1-5H3,(H,59,67)(H,61,68). The van der Waals surface area contributed by atoms with Crippen molar-refractivity contribution in [2.45, 2.75) is 56.9 Å². The van der Waals surface area contributed by atoms with Crippen LogP contribution in [-0.2, 0) is 32.1 Å². The Morgan fingerprint density at radius 3 is 2.44 bits per heavy atom. The van der Waals surface area contributed by atoms with Gasteiger partial charge in [-0.05, 0) is 132 Å². The third kappa shape index (κ3) is 17.2. The average Bonchev–Trinajstić information content (AvgIpc) is 3.92. The highest BCUT2D eigenvalue weighted by molar-refractivity contribution is 7.97. The number of nitrogens with zero attached hydrogens (tertiary/aromatic N) is 4. The van der Waals surface area contributed by atoms with Crippen LogP contribution in [0, 0.1) is 25.7 Å². The van der Waals surface area contributed by atoms with E-state index in [1.807, 2.05) is 63.4 Å². The number of likely N-dealkylation sites (tertiary alicyclic amines) is 1. The van der Waals surface area contributed by atoms with Crippen LogP contribution in [0.2, 0.25) is 0 Å². The maximum absolute atomic E-state index is 13.8. The van der Waals surface area contributed by atoms with Gasteiger partial charge in [0, 0.05) is 59.0 Å². The van der Waals surface area contributed by atoms with Gasteiger partial charge in [0.25, 0.3) is 11.5 Å². The number of aryl methyl sites for hydroxylation is 2. The van der Waals surface area contributed by atoms with Gasteiger partial charge in [-0.3, -0.25) is 9.59 Å². The molecule has 0 bridgehead atoms. The first-order valence-corrected chi connectivity index (χ1v) is 25.6. The van der Waals surface area contributed by atoms with E-state index in [0.29, 0.717) is 99.1 Å². The number of fused-ring (bicyclic) bond motifs is 1. The molecule has 7 rings (SSSR count). The van der Waals surface area contributed by atoms with E-state index in [-0.39, 0.29) is 30.7 Å². The lowest BCUT2D eigenvalue weighted by molar-refractivity contribution is -0.140. The molecule has 1 fully saturated rings. The van der Waals surface area contributed by atoms with E-state index >= 15 is 0 Å². The SMILES string of the molecule is COc1cc(SN(C)CCOCCOCCOCCNC(=O)COc2cccc(CNc3cc(-c4c(C)noc4C)c[nH]c3=O)c2)ccc1NCC#Cc1cc2c(NC3CCN(C)CC3)cccc2n1CC(F)(F)F. The van der Waals surface area contributed by atoms with Crippen molar-refractivity contribution < 1.29 is 46.2 Å². The Morgan fingerprint density at radius 1 is 0.933 bits per heavy atom. The van der Waals surface area contributed by atoms with Crippen molar-refractivity contribution in [2.75, 3.05) is 116 Å². The Labute approximate surface area is 439 Å². The molecule has 0 aliphatic carbocycles. The lowest BCUT2D eigenvalue weighted by atomic mass is 10.0. The number of hydrogen-bond donors (Lipinski definition) is 5. The predicted molar refractivity (Wildman–Crippen MR) is 286 cm³/mol. The summed E-state index contributed by atoms with van der Waals surface area (Å²) in [5.74, 6) is 7.52. The second kappa shape index (κ2) is 27.7. The molecule has 0 unspecified atom stereocenters. The number of pyridine rings is 1. The fraction of sp³-hybridized carbons (Fsp3) is 0.426. The number of carbonyl (C=O) groups is 1. The minimum atomic E-state index is -4.41. The number of alkyl halides is 3. The van der Waals surface area contributed by atoms with E-state index in [2.05, 4.69) is 59.5 Å². The highest BCUT2D eigenvalue weighted by Gasteiger charge is 2.30. The molecule has 402 valence electrons. The third-order valence-corrected chi connectivity index (χ3v) is 13.2. The predicted octanol–water partition coefficient (Wildman–Crippen LogP) is 7.94. The first-order chi connectivity index (χ1) is 36.2. The first-order valence-electron chi connectivity index (χ1n) is 24.8. The highest BCUT2D eigenvalue weighted by atomic mass is 32.2. The van der Waals surface area contributed by atoms with Gasteiger partial charge in [0.15, 0.2) is 6.61 Å². The Morgan fingerprint density at radius 2 is 1.69 bits per heavy atom. The van der Waals surface area contributed by atoms with Crippen molar-refractivity contribution in [3.05, 3.63) is 112 Å². The van der Waals surface area contributed by atoms with E-state index in [4.69, 9.17) is 28.2 Å². The summed E-state index contributed by atoms with van der Waals surface area (Å²) in [7, 11) is 5.64. The molecule has 3 aromatic carbocycles.